The van der Waals surface area contributed by atoms with E-state index >= 15 is 0 Å². The van der Waals surface area contributed by atoms with Crippen molar-refractivity contribution in [3.8, 4) is 0 Å². The van der Waals surface area contributed by atoms with E-state index in [0.717, 1.165) is 0 Å². The number of rotatable bonds is 7. The van der Waals surface area contributed by atoms with Crippen molar-refractivity contribution in [3.63, 3.8) is 0 Å². The van der Waals surface area contributed by atoms with Gasteiger partial charge in [0.1, 0.15) is 24.7 Å². The highest BCUT2D eigenvalue weighted by Crippen LogP contribution is 2.34. The van der Waals surface area contributed by atoms with E-state index in [9.17, 15) is 4.79 Å². The van der Waals surface area contributed by atoms with Gasteiger partial charge in [0.2, 0.25) is 0 Å². The van der Waals surface area contributed by atoms with Crippen LogP contribution in [-0.4, -0.2) is 50.0 Å². The standard InChI is InChI=1S/C15H23NO6/c1-5-19-14(17)12-10(6-7-16-12)13(20-9-18-4)11-8-21-15(2,3)22-11/h6-7,11,13,16H,5,8-9H2,1-4H3. The zero-order valence-electron chi connectivity index (χ0n) is 13.4. The normalized spacial score (nSPS) is 21.7. The Hall–Kier alpha value is -1.41. The molecule has 0 bridgehead atoms. The molecule has 1 fully saturated rings. The van der Waals surface area contributed by atoms with Crippen LogP contribution < -0.4 is 0 Å². The van der Waals surface area contributed by atoms with Gasteiger partial charge < -0.3 is 28.7 Å². The molecule has 22 heavy (non-hydrogen) atoms. The second-order valence-corrected chi connectivity index (χ2v) is 5.39. The summed E-state index contributed by atoms with van der Waals surface area (Å²) in [7, 11) is 1.54. The summed E-state index contributed by atoms with van der Waals surface area (Å²) in [5.41, 5.74) is 1.03. The Morgan fingerprint density at radius 2 is 2.32 bits per heavy atom. The zero-order valence-corrected chi connectivity index (χ0v) is 13.4. The van der Waals surface area contributed by atoms with Crippen molar-refractivity contribution in [1.29, 1.82) is 0 Å². The molecule has 1 N–H and O–H groups in total. The maximum atomic E-state index is 12.0. The number of carbonyl (C=O) groups excluding carboxylic acids is 1. The molecule has 0 spiro atoms. The van der Waals surface area contributed by atoms with Crippen molar-refractivity contribution in [3.05, 3.63) is 23.5 Å². The molecule has 1 aromatic rings. The van der Waals surface area contributed by atoms with Crippen LogP contribution in [-0.2, 0) is 23.7 Å². The van der Waals surface area contributed by atoms with Crippen molar-refractivity contribution < 1.29 is 28.5 Å². The first-order chi connectivity index (χ1) is 10.5. The Labute approximate surface area is 129 Å². The summed E-state index contributed by atoms with van der Waals surface area (Å²) in [4.78, 5) is 14.9. The number of H-pyrrole nitrogens is 1. The summed E-state index contributed by atoms with van der Waals surface area (Å²) < 4.78 is 27.2. The van der Waals surface area contributed by atoms with Gasteiger partial charge in [-0.2, -0.15) is 0 Å². The van der Waals surface area contributed by atoms with Gasteiger partial charge in [-0.25, -0.2) is 4.79 Å². The molecule has 0 aliphatic carbocycles. The molecule has 1 saturated heterocycles. The van der Waals surface area contributed by atoms with E-state index in [1.165, 1.54) is 7.11 Å². The van der Waals surface area contributed by atoms with Crippen LogP contribution in [0.25, 0.3) is 0 Å². The smallest absolute Gasteiger partial charge is 0.355 e. The maximum absolute atomic E-state index is 12.0. The lowest BCUT2D eigenvalue weighted by Gasteiger charge is -2.24. The summed E-state index contributed by atoms with van der Waals surface area (Å²) in [5, 5.41) is 0. The summed E-state index contributed by atoms with van der Waals surface area (Å²) in [6, 6.07) is 1.78. The van der Waals surface area contributed by atoms with Crippen LogP contribution in [0.3, 0.4) is 0 Å². The van der Waals surface area contributed by atoms with Gasteiger partial charge in [0.15, 0.2) is 5.79 Å². The van der Waals surface area contributed by atoms with E-state index in [4.69, 9.17) is 23.7 Å². The quantitative estimate of drug-likeness (QED) is 0.613. The van der Waals surface area contributed by atoms with E-state index in [0.29, 0.717) is 24.5 Å². The number of aromatic amines is 1. The summed E-state index contributed by atoms with van der Waals surface area (Å²) in [6.45, 7) is 6.19. The number of carbonyl (C=O) groups is 1. The Morgan fingerprint density at radius 1 is 1.55 bits per heavy atom. The van der Waals surface area contributed by atoms with E-state index < -0.39 is 17.9 Å². The molecule has 1 aliphatic rings. The maximum Gasteiger partial charge on any atom is 0.355 e. The van der Waals surface area contributed by atoms with Gasteiger partial charge in [0.05, 0.1) is 13.2 Å². The Kier molecular flexibility index (Phi) is 5.57. The van der Waals surface area contributed by atoms with Crippen LogP contribution in [0.2, 0.25) is 0 Å². The molecule has 0 saturated carbocycles. The number of ether oxygens (including phenoxy) is 5. The first-order valence-corrected chi connectivity index (χ1v) is 7.25. The third-order valence-corrected chi connectivity index (χ3v) is 3.30. The van der Waals surface area contributed by atoms with E-state index in [2.05, 4.69) is 4.98 Å². The molecule has 2 atom stereocenters. The molecular weight excluding hydrogens is 290 g/mol. The largest absolute Gasteiger partial charge is 0.461 e. The minimum atomic E-state index is -0.681. The van der Waals surface area contributed by atoms with Crippen LogP contribution in [0.15, 0.2) is 12.3 Å². The van der Waals surface area contributed by atoms with Crippen LogP contribution in [0.4, 0.5) is 0 Å². The fourth-order valence-electron chi connectivity index (χ4n) is 2.40. The zero-order chi connectivity index (χ0) is 16.2. The highest BCUT2D eigenvalue weighted by Gasteiger charge is 2.40. The number of hydrogen-bond donors (Lipinski definition) is 1. The molecule has 124 valence electrons. The first kappa shape index (κ1) is 17.0. The number of esters is 1. The predicted octanol–water partition coefficient (Wildman–Crippen LogP) is 2.00. The molecule has 7 nitrogen and oxygen atoms in total. The molecule has 2 heterocycles. The minimum absolute atomic E-state index is 0.0817. The second kappa shape index (κ2) is 7.23. The summed E-state index contributed by atoms with van der Waals surface area (Å²) in [5.74, 6) is -1.11. The SMILES string of the molecule is CCOC(=O)c1[nH]ccc1C(OCOC)C1COC(C)(C)O1. The molecule has 2 rings (SSSR count). The van der Waals surface area contributed by atoms with Crippen molar-refractivity contribution in [2.24, 2.45) is 0 Å². The molecule has 1 aliphatic heterocycles. The number of nitrogens with one attached hydrogen (secondary N) is 1. The van der Waals surface area contributed by atoms with E-state index in [-0.39, 0.29) is 12.9 Å². The summed E-state index contributed by atoms with van der Waals surface area (Å²) >= 11 is 0. The van der Waals surface area contributed by atoms with E-state index in [1.54, 1.807) is 19.2 Å². The van der Waals surface area contributed by atoms with Gasteiger partial charge in [0.25, 0.3) is 0 Å². The fraction of sp³-hybridized carbons (Fsp3) is 0.667. The van der Waals surface area contributed by atoms with Crippen molar-refractivity contribution >= 4 is 5.97 Å². The Balaban J connectivity index is 2.23. The topological polar surface area (TPSA) is 79.0 Å². The molecule has 7 heteroatoms. The monoisotopic (exact) mass is 313 g/mol. The highest BCUT2D eigenvalue weighted by molar-refractivity contribution is 5.89. The Bertz CT molecular complexity index is 498. The van der Waals surface area contributed by atoms with Gasteiger partial charge >= 0.3 is 5.97 Å². The number of hydrogen-bond acceptors (Lipinski definition) is 6. The van der Waals surface area contributed by atoms with Gasteiger partial charge in [-0.3, -0.25) is 0 Å². The molecule has 0 amide bonds. The van der Waals surface area contributed by atoms with Crippen LogP contribution in [0.1, 0.15) is 42.9 Å². The second-order valence-electron chi connectivity index (χ2n) is 5.39. The lowest BCUT2D eigenvalue weighted by Crippen LogP contribution is -2.28. The van der Waals surface area contributed by atoms with Crippen molar-refractivity contribution in [1.82, 2.24) is 4.98 Å². The van der Waals surface area contributed by atoms with Gasteiger partial charge in [-0.15, -0.1) is 0 Å². The van der Waals surface area contributed by atoms with Crippen molar-refractivity contribution in [2.45, 2.75) is 38.8 Å². The number of methoxy groups -OCH3 is 1. The molecule has 0 aromatic carbocycles. The highest BCUT2D eigenvalue weighted by atomic mass is 16.8. The molecule has 2 unspecified atom stereocenters. The van der Waals surface area contributed by atoms with Crippen LogP contribution in [0.5, 0.6) is 0 Å². The third kappa shape index (κ3) is 3.86. The Morgan fingerprint density at radius 3 is 2.91 bits per heavy atom. The molecular formula is C15H23NO6. The molecule has 1 aromatic heterocycles. The fourth-order valence-corrected chi connectivity index (χ4v) is 2.40. The predicted molar refractivity (Wildman–Crippen MR) is 77.4 cm³/mol. The minimum Gasteiger partial charge on any atom is -0.461 e. The number of aromatic nitrogens is 1. The summed E-state index contributed by atoms with van der Waals surface area (Å²) in [6.07, 6.45) is 0.840. The molecule has 0 radical (unpaired) electrons. The van der Waals surface area contributed by atoms with Gasteiger partial charge in [-0.1, -0.05) is 0 Å². The lowest BCUT2D eigenvalue weighted by molar-refractivity contribution is -0.170. The van der Waals surface area contributed by atoms with Crippen LogP contribution in [0, 0.1) is 0 Å². The average Bonchev–Trinajstić information content (AvgIpc) is 3.07. The lowest BCUT2D eigenvalue weighted by atomic mass is 10.0. The third-order valence-electron chi connectivity index (χ3n) is 3.30. The van der Waals surface area contributed by atoms with Crippen LogP contribution >= 0.6 is 0 Å². The van der Waals surface area contributed by atoms with E-state index in [1.807, 2.05) is 13.8 Å². The van der Waals surface area contributed by atoms with Gasteiger partial charge in [-0.05, 0) is 26.8 Å². The van der Waals surface area contributed by atoms with Crippen molar-refractivity contribution in [2.75, 3.05) is 27.1 Å². The van der Waals surface area contributed by atoms with Gasteiger partial charge in [0, 0.05) is 18.9 Å². The first-order valence-electron chi connectivity index (χ1n) is 7.25. The average molecular weight is 313 g/mol.